The normalized spacial score (nSPS) is 13.4. The van der Waals surface area contributed by atoms with Crippen molar-refractivity contribution in [2.45, 2.75) is 32.1 Å². The van der Waals surface area contributed by atoms with Gasteiger partial charge in [-0.05, 0) is 64.4 Å². The maximum Gasteiger partial charge on any atom is 0.144 e. The van der Waals surface area contributed by atoms with Gasteiger partial charge < -0.3 is 10.2 Å². The number of hydrogen-bond donors (Lipinski definition) is 1. The van der Waals surface area contributed by atoms with E-state index in [0.717, 1.165) is 44.6 Å². The van der Waals surface area contributed by atoms with Crippen molar-refractivity contribution in [1.29, 1.82) is 5.26 Å². The number of pyridine rings is 1. The lowest BCUT2D eigenvalue weighted by atomic mass is 10.1. The van der Waals surface area contributed by atoms with Crippen LogP contribution in [0.25, 0.3) is 0 Å². The molecule has 1 aromatic rings. The Bertz CT molecular complexity index is 474. The first-order valence-electron chi connectivity index (χ1n) is 7.02. The minimum Gasteiger partial charge on any atom is -0.369 e. The van der Waals surface area contributed by atoms with Gasteiger partial charge in [0.25, 0.3) is 0 Å². The summed E-state index contributed by atoms with van der Waals surface area (Å²) in [6.07, 6.45) is 5.55. The Hall–Kier alpha value is -1.60. The molecular formula is C15H22N4. The van der Waals surface area contributed by atoms with Gasteiger partial charge in [0.1, 0.15) is 11.9 Å². The van der Waals surface area contributed by atoms with E-state index in [1.807, 2.05) is 6.07 Å². The lowest BCUT2D eigenvalue weighted by Crippen LogP contribution is -2.14. The number of nitriles is 1. The number of nitrogens with one attached hydrogen (secondary N) is 1. The molecular weight excluding hydrogens is 236 g/mol. The molecule has 0 aliphatic heterocycles. The molecule has 1 aliphatic rings. The summed E-state index contributed by atoms with van der Waals surface area (Å²) in [5.74, 6) is 0.771. The van der Waals surface area contributed by atoms with Gasteiger partial charge in [-0.15, -0.1) is 0 Å². The fraction of sp³-hybridized carbons (Fsp3) is 0.600. The van der Waals surface area contributed by atoms with Gasteiger partial charge >= 0.3 is 0 Å². The highest BCUT2D eigenvalue weighted by molar-refractivity contribution is 5.55. The van der Waals surface area contributed by atoms with Crippen LogP contribution in [0.2, 0.25) is 0 Å². The quantitative estimate of drug-likeness (QED) is 0.795. The molecule has 0 radical (unpaired) electrons. The first-order valence-corrected chi connectivity index (χ1v) is 7.02. The molecule has 1 N–H and O–H groups in total. The van der Waals surface area contributed by atoms with Crippen molar-refractivity contribution in [2.24, 2.45) is 0 Å². The summed E-state index contributed by atoms with van der Waals surface area (Å²) in [4.78, 5) is 6.80. The van der Waals surface area contributed by atoms with E-state index in [9.17, 15) is 5.26 Å². The van der Waals surface area contributed by atoms with Gasteiger partial charge in [-0.3, -0.25) is 0 Å². The molecule has 0 atom stereocenters. The molecule has 0 fully saturated rings. The highest BCUT2D eigenvalue weighted by Gasteiger charge is 2.15. The zero-order valence-electron chi connectivity index (χ0n) is 11.9. The first-order chi connectivity index (χ1) is 9.20. The average Bonchev–Trinajstić information content (AvgIpc) is 2.83. The molecule has 1 heterocycles. The summed E-state index contributed by atoms with van der Waals surface area (Å²) >= 11 is 0. The Morgan fingerprint density at radius 3 is 2.95 bits per heavy atom. The van der Waals surface area contributed by atoms with E-state index in [2.05, 4.69) is 35.4 Å². The van der Waals surface area contributed by atoms with Crippen molar-refractivity contribution in [3.8, 4) is 6.07 Å². The van der Waals surface area contributed by atoms with Crippen molar-refractivity contribution < 1.29 is 0 Å². The van der Waals surface area contributed by atoms with Gasteiger partial charge in [0.15, 0.2) is 0 Å². The minimum absolute atomic E-state index is 0.688. The highest BCUT2D eigenvalue weighted by Crippen LogP contribution is 2.24. The molecule has 0 unspecified atom stereocenters. The van der Waals surface area contributed by atoms with Crippen LogP contribution in [0.4, 0.5) is 5.82 Å². The van der Waals surface area contributed by atoms with Crippen molar-refractivity contribution in [2.75, 3.05) is 32.5 Å². The number of anilines is 1. The van der Waals surface area contributed by atoms with Gasteiger partial charge in [-0.1, -0.05) is 0 Å². The molecule has 0 saturated heterocycles. The van der Waals surface area contributed by atoms with Crippen LogP contribution in [0.15, 0.2) is 6.07 Å². The molecule has 1 aromatic heterocycles. The summed E-state index contributed by atoms with van der Waals surface area (Å²) in [5, 5.41) is 12.5. The molecule has 0 spiro atoms. The maximum atomic E-state index is 9.19. The molecule has 102 valence electrons. The summed E-state index contributed by atoms with van der Waals surface area (Å²) < 4.78 is 0. The molecule has 0 amide bonds. The zero-order chi connectivity index (χ0) is 13.7. The monoisotopic (exact) mass is 258 g/mol. The number of rotatable bonds is 6. The van der Waals surface area contributed by atoms with E-state index >= 15 is 0 Å². The van der Waals surface area contributed by atoms with E-state index in [4.69, 9.17) is 0 Å². The van der Waals surface area contributed by atoms with Crippen LogP contribution in [0.3, 0.4) is 0 Å². The van der Waals surface area contributed by atoms with Crippen molar-refractivity contribution in [3.05, 3.63) is 22.9 Å². The second-order valence-electron chi connectivity index (χ2n) is 5.39. The lowest BCUT2D eigenvalue weighted by molar-refractivity contribution is 0.396. The highest BCUT2D eigenvalue weighted by atomic mass is 15.0. The van der Waals surface area contributed by atoms with E-state index < -0.39 is 0 Å². The Morgan fingerprint density at radius 1 is 1.37 bits per heavy atom. The Labute approximate surface area is 115 Å². The Balaban J connectivity index is 1.91. The second-order valence-corrected chi connectivity index (χ2v) is 5.39. The molecule has 1 aliphatic carbocycles. The van der Waals surface area contributed by atoms with Crippen LogP contribution >= 0.6 is 0 Å². The fourth-order valence-corrected chi connectivity index (χ4v) is 2.45. The number of nitrogens with zero attached hydrogens (tertiary/aromatic N) is 3. The third-order valence-electron chi connectivity index (χ3n) is 3.50. The number of aromatic nitrogens is 1. The Morgan fingerprint density at radius 2 is 2.21 bits per heavy atom. The summed E-state index contributed by atoms with van der Waals surface area (Å²) in [6.45, 7) is 1.98. The van der Waals surface area contributed by atoms with Crippen LogP contribution < -0.4 is 5.32 Å². The third kappa shape index (κ3) is 3.68. The molecule has 0 aromatic carbocycles. The largest absolute Gasteiger partial charge is 0.369 e. The topological polar surface area (TPSA) is 52.0 Å². The van der Waals surface area contributed by atoms with Gasteiger partial charge in [-0.2, -0.15) is 5.26 Å². The van der Waals surface area contributed by atoms with Crippen LogP contribution in [0.1, 0.15) is 36.1 Å². The zero-order valence-corrected chi connectivity index (χ0v) is 11.9. The average molecular weight is 258 g/mol. The van der Waals surface area contributed by atoms with Crippen LogP contribution in [0, 0.1) is 11.3 Å². The number of aryl methyl sites for hydroxylation is 2. The Kier molecular flexibility index (Phi) is 4.75. The van der Waals surface area contributed by atoms with Gasteiger partial charge in [0, 0.05) is 12.2 Å². The van der Waals surface area contributed by atoms with Gasteiger partial charge in [-0.25, -0.2) is 4.98 Å². The lowest BCUT2D eigenvalue weighted by Gasteiger charge is -2.11. The number of hydrogen-bond acceptors (Lipinski definition) is 4. The molecule has 2 rings (SSSR count). The molecule has 0 saturated carbocycles. The predicted octanol–water partition coefficient (Wildman–Crippen LogP) is 2.20. The third-order valence-corrected chi connectivity index (χ3v) is 3.50. The van der Waals surface area contributed by atoms with Crippen LogP contribution in [-0.2, 0) is 12.8 Å². The summed E-state index contributed by atoms with van der Waals surface area (Å²) in [5.41, 5.74) is 3.12. The SMILES string of the molecule is CN(C)CCCCNc1nc2c(cc1C#N)CCC2. The first kappa shape index (κ1) is 13.8. The van der Waals surface area contributed by atoms with E-state index in [0.29, 0.717) is 5.56 Å². The van der Waals surface area contributed by atoms with Gasteiger partial charge in [0.05, 0.1) is 5.56 Å². The van der Waals surface area contributed by atoms with E-state index in [-0.39, 0.29) is 0 Å². The molecule has 4 nitrogen and oxygen atoms in total. The van der Waals surface area contributed by atoms with Crippen molar-refractivity contribution in [1.82, 2.24) is 9.88 Å². The standard InChI is InChI=1S/C15H22N4/c1-19(2)9-4-3-8-17-15-13(11-16)10-12-6-5-7-14(12)18-15/h10H,3-9H2,1-2H3,(H,17,18). The second kappa shape index (κ2) is 6.53. The van der Waals surface area contributed by atoms with Crippen LogP contribution in [-0.4, -0.2) is 37.1 Å². The molecule has 19 heavy (non-hydrogen) atoms. The summed E-state index contributed by atoms with van der Waals surface area (Å²) in [6, 6.07) is 4.26. The van der Waals surface area contributed by atoms with Gasteiger partial charge in [0.2, 0.25) is 0 Å². The fourth-order valence-electron chi connectivity index (χ4n) is 2.45. The summed E-state index contributed by atoms with van der Waals surface area (Å²) in [7, 11) is 4.17. The van der Waals surface area contributed by atoms with Crippen molar-refractivity contribution >= 4 is 5.82 Å². The van der Waals surface area contributed by atoms with E-state index in [1.54, 1.807) is 0 Å². The minimum atomic E-state index is 0.688. The number of fused-ring (bicyclic) bond motifs is 1. The molecule has 0 bridgehead atoms. The maximum absolute atomic E-state index is 9.19. The van der Waals surface area contributed by atoms with Crippen molar-refractivity contribution in [3.63, 3.8) is 0 Å². The number of unbranched alkanes of at least 4 members (excludes halogenated alkanes) is 1. The predicted molar refractivity (Wildman–Crippen MR) is 77.3 cm³/mol. The van der Waals surface area contributed by atoms with E-state index in [1.165, 1.54) is 17.7 Å². The smallest absolute Gasteiger partial charge is 0.144 e. The molecule has 4 heteroatoms. The van der Waals surface area contributed by atoms with Crippen LogP contribution in [0.5, 0.6) is 0 Å².